The van der Waals surface area contributed by atoms with Crippen LogP contribution in [0.1, 0.15) is 20.3 Å². The van der Waals surface area contributed by atoms with Crippen molar-refractivity contribution in [3.8, 4) is 5.75 Å². The Kier molecular flexibility index (Phi) is 6.52. The highest BCUT2D eigenvalue weighted by Crippen LogP contribution is 2.14. The highest BCUT2D eigenvalue weighted by molar-refractivity contribution is 5.86. The summed E-state index contributed by atoms with van der Waals surface area (Å²) in [5.74, 6) is -0.749. The molecule has 3 N–H and O–H groups in total. The van der Waals surface area contributed by atoms with Crippen LogP contribution in [0.25, 0.3) is 0 Å². The quantitative estimate of drug-likeness (QED) is 0.679. The Bertz CT molecular complexity index is 473. The fraction of sp³-hybridized carbons (Fsp3) is 0.467. The van der Waals surface area contributed by atoms with Gasteiger partial charge in [0.25, 0.3) is 0 Å². The van der Waals surface area contributed by atoms with Gasteiger partial charge in [-0.15, -0.1) is 0 Å². The van der Waals surface area contributed by atoms with Gasteiger partial charge in [0, 0.05) is 5.69 Å². The molecular weight excluding hydrogens is 272 g/mol. The van der Waals surface area contributed by atoms with Crippen molar-refractivity contribution in [1.29, 1.82) is 0 Å². The summed E-state index contributed by atoms with van der Waals surface area (Å²) in [6, 6.07) is 6.27. The maximum Gasteiger partial charge on any atom is 0.326 e. The van der Waals surface area contributed by atoms with Crippen LogP contribution in [0.3, 0.4) is 0 Å². The largest absolute Gasteiger partial charge is 0.497 e. The molecule has 21 heavy (non-hydrogen) atoms. The second-order valence-corrected chi connectivity index (χ2v) is 4.85. The second-order valence-electron chi connectivity index (χ2n) is 4.85. The van der Waals surface area contributed by atoms with Crippen LogP contribution < -0.4 is 15.4 Å². The van der Waals surface area contributed by atoms with Crippen LogP contribution in [0.2, 0.25) is 0 Å². The van der Waals surface area contributed by atoms with Gasteiger partial charge in [0.05, 0.1) is 13.7 Å². The molecule has 0 aromatic heterocycles. The van der Waals surface area contributed by atoms with Crippen molar-refractivity contribution in [2.24, 2.45) is 5.92 Å². The number of carbonyl (C=O) groups excluding carboxylic acids is 1. The van der Waals surface area contributed by atoms with Crippen LogP contribution in [0.15, 0.2) is 24.3 Å². The van der Waals surface area contributed by atoms with E-state index in [4.69, 9.17) is 9.84 Å². The third-order valence-electron chi connectivity index (χ3n) is 3.34. The summed E-state index contributed by atoms with van der Waals surface area (Å²) in [7, 11) is 1.58. The van der Waals surface area contributed by atoms with E-state index < -0.39 is 12.0 Å². The molecule has 1 aromatic rings. The molecule has 1 amide bonds. The van der Waals surface area contributed by atoms with E-state index in [1.54, 1.807) is 38.3 Å². The second kappa shape index (κ2) is 8.14. The zero-order valence-electron chi connectivity index (χ0n) is 12.6. The van der Waals surface area contributed by atoms with E-state index in [1.165, 1.54) is 0 Å². The van der Waals surface area contributed by atoms with E-state index in [1.807, 2.05) is 6.92 Å². The topological polar surface area (TPSA) is 87.7 Å². The number of hydrogen-bond donors (Lipinski definition) is 3. The van der Waals surface area contributed by atoms with Crippen LogP contribution in [-0.4, -0.2) is 36.7 Å². The molecular formula is C15H22N2O4. The van der Waals surface area contributed by atoms with Crippen LogP contribution >= 0.6 is 0 Å². The number of nitrogens with one attached hydrogen (secondary N) is 2. The van der Waals surface area contributed by atoms with Crippen LogP contribution in [0.4, 0.5) is 5.69 Å². The van der Waals surface area contributed by atoms with Crippen molar-refractivity contribution in [3.05, 3.63) is 24.3 Å². The van der Waals surface area contributed by atoms with E-state index in [0.717, 1.165) is 11.4 Å². The molecule has 0 saturated heterocycles. The minimum atomic E-state index is -1.01. The van der Waals surface area contributed by atoms with Gasteiger partial charge in [-0.2, -0.15) is 0 Å². The number of benzene rings is 1. The molecule has 0 spiro atoms. The Hall–Kier alpha value is -2.24. The molecule has 6 nitrogen and oxygen atoms in total. The summed E-state index contributed by atoms with van der Waals surface area (Å²) in [4.78, 5) is 22.9. The van der Waals surface area contributed by atoms with Crippen LogP contribution in [-0.2, 0) is 9.59 Å². The lowest BCUT2D eigenvalue weighted by Crippen LogP contribution is -2.46. The predicted octanol–water partition coefficient (Wildman–Crippen LogP) is 1.72. The van der Waals surface area contributed by atoms with Crippen molar-refractivity contribution in [3.63, 3.8) is 0 Å². The molecule has 0 bridgehead atoms. The minimum Gasteiger partial charge on any atom is -0.497 e. The van der Waals surface area contributed by atoms with Gasteiger partial charge in [0.15, 0.2) is 0 Å². The molecule has 6 heteroatoms. The lowest BCUT2D eigenvalue weighted by molar-refractivity contribution is -0.143. The van der Waals surface area contributed by atoms with E-state index >= 15 is 0 Å². The Morgan fingerprint density at radius 2 is 1.90 bits per heavy atom. The Morgan fingerprint density at radius 3 is 2.38 bits per heavy atom. The maximum absolute atomic E-state index is 11.8. The van der Waals surface area contributed by atoms with Crippen molar-refractivity contribution >= 4 is 17.6 Å². The first-order valence-electron chi connectivity index (χ1n) is 6.88. The molecule has 116 valence electrons. The maximum atomic E-state index is 11.8. The van der Waals surface area contributed by atoms with Crippen molar-refractivity contribution in [2.45, 2.75) is 26.3 Å². The van der Waals surface area contributed by atoms with Gasteiger partial charge in [-0.3, -0.25) is 4.79 Å². The summed E-state index contributed by atoms with van der Waals surface area (Å²) >= 11 is 0. The molecule has 0 unspecified atom stereocenters. The molecule has 0 saturated carbocycles. The first-order valence-corrected chi connectivity index (χ1v) is 6.88. The van der Waals surface area contributed by atoms with E-state index in [0.29, 0.717) is 6.42 Å². The molecule has 0 aliphatic heterocycles. The Morgan fingerprint density at radius 1 is 1.29 bits per heavy atom. The number of carboxylic acid groups (broad SMARTS) is 1. The molecule has 0 aliphatic rings. The first-order chi connectivity index (χ1) is 9.97. The number of amides is 1. The molecule has 2 atom stereocenters. The highest BCUT2D eigenvalue weighted by Gasteiger charge is 2.24. The fourth-order valence-corrected chi connectivity index (χ4v) is 1.80. The average Bonchev–Trinajstić information content (AvgIpc) is 2.50. The number of ether oxygens (including phenoxy) is 1. The van der Waals surface area contributed by atoms with E-state index in [-0.39, 0.29) is 18.4 Å². The summed E-state index contributed by atoms with van der Waals surface area (Å²) in [6.45, 7) is 3.71. The van der Waals surface area contributed by atoms with Crippen LogP contribution in [0, 0.1) is 5.92 Å². The SMILES string of the molecule is CC[C@H](C)[C@H](NC(=O)CNc1ccc(OC)cc1)C(=O)O. The highest BCUT2D eigenvalue weighted by atomic mass is 16.5. The molecule has 0 radical (unpaired) electrons. The van der Waals surface area contributed by atoms with Crippen molar-refractivity contribution in [1.82, 2.24) is 5.32 Å². The summed E-state index contributed by atoms with van der Waals surface area (Å²) in [5, 5.41) is 14.6. The summed E-state index contributed by atoms with van der Waals surface area (Å²) in [5.41, 5.74) is 0.765. The standard InChI is InChI=1S/C15H22N2O4/c1-4-10(2)14(15(19)20)17-13(18)9-16-11-5-7-12(21-3)8-6-11/h5-8,10,14,16H,4,9H2,1-3H3,(H,17,18)(H,19,20)/t10-,14-/m0/s1. The normalized spacial score (nSPS) is 13.1. The van der Waals surface area contributed by atoms with Crippen LogP contribution in [0.5, 0.6) is 5.75 Å². The number of anilines is 1. The van der Waals surface area contributed by atoms with Gasteiger partial charge in [0.1, 0.15) is 11.8 Å². The van der Waals surface area contributed by atoms with Gasteiger partial charge in [-0.1, -0.05) is 20.3 Å². The number of rotatable bonds is 8. The molecule has 0 heterocycles. The lowest BCUT2D eigenvalue weighted by atomic mass is 9.99. The predicted molar refractivity (Wildman–Crippen MR) is 80.5 cm³/mol. The average molecular weight is 294 g/mol. The van der Waals surface area contributed by atoms with E-state index in [2.05, 4.69) is 10.6 Å². The molecule has 0 aliphatic carbocycles. The van der Waals surface area contributed by atoms with Crippen molar-refractivity contribution < 1.29 is 19.4 Å². The fourth-order valence-electron chi connectivity index (χ4n) is 1.80. The number of hydrogen-bond acceptors (Lipinski definition) is 4. The van der Waals surface area contributed by atoms with Gasteiger partial charge in [0.2, 0.25) is 5.91 Å². The monoisotopic (exact) mass is 294 g/mol. The number of aliphatic carboxylic acids is 1. The van der Waals surface area contributed by atoms with E-state index in [9.17, 15) is 9.59 Å². The van der Waals surface area contributed by atoms with Gasteiger partial charge < -0.3 is 20.5 Å². The zero-order valence-corrected chi connectivity index (χ0v) is 12.6. The first kappa shape index (κ1) is 16.8. The van der Waals surface area contributed by atoms with Crippen molar-refractivity contribution in [2.75, 3.05) is 19.0 Å². The third kappa shape index (κ3) is 5.33. The summed E-state index contributed by atoms with van der Waals surface area (Å²) < 4.78 is 5.04. The molecule has 1 rings (SSSR count). The minimum absolute atomic E-state index is 0.0204. The summed E-state index contributed by atoms with van der Waals surface area (Å²) in [6.07, 6.45) is 0.684. The number of methoxy groups -OCH3 is 1. The van der Waals surface area contributed by atoms with Gasteiger partial charge >= 0.3 is 5.97 Å². The smallest absolute Gasteiger partial charge is 0.326 e. The van der Waals surface area contributed by atoms with Gasteiger partial charge in [-0.05, 0) is 30.2 Å². The number of carboxylic acids is 1. The lowest BCUT2D eigenvalue weighted by Gasteiger charge is -2.20. The Balaban J connectivity index is 2.50. The molecule has 0 fully saturated rings. The Labute approximate surface area is 124 Å². The van der Waals surface area contributed by atoms with Gasteiger partial charge in [-0.25, -0.2) is 4.79 Å². The third-order valence-corrected chi connectivity index (χ3v) is 3.34. The number of carbonyl (C=O) groups is 2. The molecule has 1 aromatic carbocycles. The zero-order chi connectivity index (χ0) is 15.8.